The fourth-order valence-corrected chi connectivity index (χ4v) is 2.03. The van der Waals surface area contributed by atoms with Gasteiger partial charge in [-0.2, -0.15) is 25.3 Å². The molecule has 0 nitrogen and oxygen atoms in total. The van der Waals surface area contributed by atoms with Crippen LogP contribution in [0, 0.1) is 0 Å². The first kappa shape index (κ1) is 9.49. The predicted molar refractivity (Wildman–Crippen MR) is 59.0 cm³/mol. The summed E-state index contributed by atoms with van der Waals surface area (Å²) in [6.07, 6.45) is 3.46. The molecule has 0 fully saturated rings. The maximum atomic E-state index is 4.20. The van der Waals surface area contributed by atoms with Gasteiger partial charge in [-0.25, -0.2) is 0 Å². The van der Waals surface area contributed by atoms with Gasteiger partial charge in [-0.3, -0.25) is 0 Å². The number of hydrogen-bond acceptors (Lipinski definition) is 3. The molecule has 0 N–H and O–H groups in total. The zero-order valence-corrected chi connectivity index (χ0v) is 8.84. The van der Waals surface area contributed by atoms with Crippen molar-refractivity contribution in [3.05, 3.63) is 22.4 Å². The molecule has 0 aliphatic heterocycles. The first-order valence-electron chi connectivity index (χ1n) is 3.67. The fraction of sp³-hybridized carbons (Fsp3) is 0.500. The van der Waals surface area contributed by atoms with E-state index >= 15 is 0 Å². The van der Waals surface area contributed by atoms with Crippen LogP contribution in [-0.2, 0) is 6.42 Å². The molecule has 0 unspecified atom stereocenters. The Morgan fingerprint density at radius 2 is 2.27 bits per heavy atom. The highest BCUT2D eigenvalue weighted by Crippen LogP contribution is 2.15. The summed E-state index contributed by atoms with van der Waals surface area (Å²) in [5.41, 5.74) is 0. The van der Waals surface area contributed by atoms with E-state index in [0.717, 1.165) is 6.42 Å². The zero-order chi connectivity index (χ0) is 8.10. The minimum absolute atomic E-state index is 0.245. The Balaban J connectivity index is 2.14. The molecular formula is C8H12S3. The molecule has 0 radical (unpaired) electrons. The van der Waals surface area contributed by atoms with Gasteiger partial charge in [-0.1, -0.05) is 6.07 Å². The van der Waals surface area contributed by atoms with Crippen molar-refractivity contribution in [2.45, 2.75) is 23.8 Å². The number of rotatable bonds is 4. The third-order valence-electron chi connectivity index (χ3n) is 1.47. The van der Waals surface area contributed by atoms with E-state index in [0.29, 0.717) is 0 Å². The van der Waals surface area contributed by atoms with Gasteiger partial charge in [0.1, 0.15) is 0 Å². The standard InChI is InChI=1S/C8H12S3/c9-8(10)5-1-3-7-4-2-6-11-7/h2,4,6,8-10H,1,3,5H2. The minimum Gasteiger partial charge on any atom is -0.165 e. The molecule has 0 atom stereocenters. The first-order chi connectivity index (χ1) is 5.29. The van der Waals surface area contributed by atoms with Gasteiger partial charge >= 0.3 is 0 Å². The Morgan fingerprint density at radius 3 is 2.82 bits per heavy atom. The Morgan fingerprint density at radius 1 is 1.45 bits per heavy atom. The van der Waals surface area contributed by atoms with Crippen LogP contribution in [0.5, 0.6) is 0 Å². The molecule has 0 amide bonds. The van der Waals surface area contributed by atoms with Crippen LogP contribution < -0.4 is 0 Å². The van der Waals surface area contributed by atoms with Crippen LogP contribution in [0.4, 0.5) is 0 Å². The fourth-order valence-electron chi connectivity index (χ4n) is 0.914. The Kier molecular flexibility index (Phi) is 4.41. The highest BCUT2D eigenvalue weighted by molar-refractivity contribution is 7.99. The van der Waals surface area contributed by atoms with E-state index in [1.54, 1.807) is 0 Å². The molecule has 0 aliphatic carbocycles. The second-order valence-corrected chi connectivity index (χ2v) is 5.14. The van der Waals surface area contributed by atoms with E-state index in [1.165, 1.54) is 17.7 Å². The predicted octanol–water partition coefficient (Wildman–Crippen LogP) is 3.26. The summed E-state index contributed by atoms with van der Waals surface area (Å²) >= 11 is 10.2. The molecule has 1 aromatic rings. The second-order valence-electron chi connectivity index (χ2n) is 2.45. The largest absolute Gasteiger partial charge is 0.165 e. The van der Waals surface area contributed by atoms with Gasteiger partial charge in [0.25, 0.3) is 0 Å². The molecule has 0 saturated carbocycles. The van der Waals surface area contributed by atoms with Crippen molar-refractivity contribution >= 4 is 36.6 Å². The van der Waals surface area contributed by atoms with E-state index < -0.39 is 0 Å². The molecule has 0 saturated heterocycles. The number of thiophene rings is 1. The smallest absolute Gasteiger partial charge is 0.0442 e. The second kappa shape index (κ2) is 5.12. The van der Waals surface area contributed by atoms with E-state index in [2.05, 4.69) is 42.8 Å². The topological polar surface area (TPSA) is 0 Å². The summed E-state index contributed by atoms with van der Waals surface area (Å²) in [6.45, 7) is 0. The SMILES string of the molecule is SC(S)CCCc1cccs1. The maximum absolute atomic E-state index is 4.20. The molecule has 0 bridgehead atoms. The minimum atomic E-state index is 0.245. The maximum Gasteiger partial charge on any atom is 0.0442 e. The van der Waals surface area contributed by atoms with Gasteiger partial charge in [0, 0.05) is 9.46 Å². The van der Waals surface area contributed by atoms with Gasteiger partial charge in [0.15, 0.2) is 0 Å². The van der Waals surface area contributed by atoms with E-state index in [-0.39, 0.29) is 4.58 Å². The van der Waals surface area contributed by atoms with E-state index in [9.17, 15) is 0 Å². The summed E-state index contributed by atoms with van der Waals surface area (Å²) in [5.74, 6) is 0. The number of aryl methyl sites for hydroxylation is 1. The van der Waals surface area contributed by atoms with E-state index in [4.69, 9.17) is 0 Å². The van der Waals surface area contributed by atoms with Crippen LogP contribution in [0.1, 0.15) is 17.7 Å². The summed E-state index contributed by atoms with van der Waals surface area (Å²) < 4.78 is 0.245. The molecule has 1 heterocycles. The Hall–Kier alpha value is 0.400. The Bertz CT molecular complexity index is 179. The molecular weight excluding hydrogens is 192 g/mol. The summed E-state index contributed by atoms with van der Waals surface area (Å²) in [6, 6.07) is 4.27. The van der Waals surface area contributed by atoms with Gasteiger partial charge < -0.3 is 0 Å². The quantitative estimate of drug-likeness (QED) is 0.546. The molecule has 62 valence electrons. The molecule has 0 spiro atoms. The summed E-state index contributed by atoms with van der Waals surface area (Å²) in [4.78, 5) is 1.47. The van der Waals surface area contributed by atoms with Crippen molar-refractivity contribution in [3.8, 4) is 0 Å². The van der Waals surface area contributed by atoms with Gasteiger partial charge in [0.05, 0.1) is 0 Å². The lowest BCUT2D eigenvalue weighted by Crippen LogP contribution is -1.88. The number of hydrogen-bond donors (Lipinski definition) is 2. The van der Waals surface area contributed by atoms with E-state index in [1.807, 2.05) is 11.3 Å². The third-order valence-corrected chi connectivity index (χ3v) is 2.92. The first-order valence-corrected chi connectivity index (χ1v) is 5.59. The molecule has 0 aliphatic rings. The van der Waals surface area contributed by atoms with Crippen molar-refractivity contribution in [1.82, 2.24) is 0 Å². The van der Waals surface area contributed by atoms with Crippen molar-refractivity contribution in [3.63, 3.8) is 0 Å². The zero-order valence-electron chi connectivity index (χ0n) is 6.23. The van der Waals surface area contributed by atoms with Crippen molar-refractivity contribution < 1.29 is 0 Å². The van der Waals surface area contributed by atoms with Crippen LogP contribution >= 0.6 is 36.6 Å². The molecule has 11 heavy (non-hydrogen) atoms. The number of thiol groups is 2. The van der Waals surface area contributed by atoms with Crippen LogP contribution in [0.25, 0.3) is 0 Å². The third kappa shape index (κ3) is 4.09. The Labute approximate surface area is 82.8 Å². The van der Waals surface area contributed by atoms with Gasteiger partial charge in [0.2, 0.25) is 0 Å². The molecule has 0 aromatic carbocycles. The lowest BCUT2D eigenvalue weighted by Gasteiger charge is -2.00. The van der Waals surface area contributed by atoms with Crippen LogP contribution in [0.15, 0.2) is 17.5 Å². The lowest BCUT2D eigenvalue weighted by molar-refractivity contribution is 0.797. The monoisotopic (exact) mass is 204 g/mol. The molecule has 3 heteroatoms. The van der Waals surface area contributed by atoms with Crippen molar-refractivity contribution in [2.75, 3.05) is 0 Å². The summed E-state index contributed by atoms with van der Waals surface area (Å²) in [7, 11) is 0. The van der Waals surface area contributed by atoms with Gasteiger partial charge in [-0.15, -0.1) is 11.3 Å². The van der Waals surface area contributed by atoms with Crippen molar-refractivity contribution in [2.24, 2.45) is 0 Å². The normalized spacial score (nSPS) is 10.8. The van der Waals surface area contributed by atoms with Crippen LogP contribution in [0.3, 0.4) is 0 Å². The van der Waals surface area contributed by atoms with Crippen LogP contribution in [-0.4, -0.2) is 4.58 Å². The van der Waals surface area contributed by atoms with Crippen LogP contribution in [0.2, 0.25) is 0 Å². The van der Waals surface area contributed by atoms with Gasteiger partial charge in [-0.05, 0) is 30.7 Å². The molecule has 1 aromatic heterocycles. The highest BCUT2D eigenvalue weighted by Gasteiger charge is 1.97. The summed E-state index contributed by atoms with van der Waals surface area (Å²) in [5, 5.41) is 2.12. The molecule has 1 rings (SSSR count). The average molecular weight is 204 g/mol. The highest BCUT2D eigenvalue weighted by atomic mass is 32.2. The van der Waals surface area contributed by atoms with Crippen molar-refractivity contribution in [1.29, 1.82) is 0 Å². The average Bonchev–Trinajstić information content (AvgIpc) is 2.39. The lowest BCUT2D eigenvalue weighted by atomic mass is 10.2.